The molecule has 2 nitrogen and oxygen atoms in total. The molecular weight excluding hydrogens is 211 g/mol. The van der Waals surface area contributed by atoms with Gasteiger partial charge in [0.15, 0.2) is 0 Å². The van der Waals surface area contributed by atoms with Gasteiger partial charge in [0, 0.05) is 11.1 Å². The largest absolute Gasteiger partial charge is 0.319 e. The second-order valence-electron chi connectivity index (χ2n) is 3.28. The molecule has 0 saturated carbocycles. The van der Waals surface area contributed by atoms with Gasteiger partial charge >= 0.3 is 0 Å². The molecule has 0 bridgehead atoms. The Morgan fingerprint density at radius 3 is 2.87 bits per heavy atom. The molecule has 2 rings (SSSR count). The summed E-state index contributed by atoms with van der Waals surface area (Å²) in [7, 11) is 0. The topological polar surface area (TPSA) is 38.9 Å². The van der Waals surface area contributed by atoms with E-state index >= 15 is 0 Å². The maximum absolute atomic E-state index is 13.4. The normalized spacial score (nSPS) is 12.7. The highest BCUT2D eigenvalue weighted by Crippen LogP contribution is 2.26. The van der Waals surface area contributed by atoms with Crippen LogP contribution in [0.25, 0.3) is 0 Å². The van der Waals surface area contributed by atoms with Crippen LogP contribution in [-0.4, -0.2) is 4.98 Å². The minimum atomic E-state index is -0.475. The van der Waals surface area contributed by atoms with Gasteiger partial charge in [-0.25, -0.2) is 4.39 Å². The Morgan fingerprint density at radius 1 is 1.47 bits per heavy atom. The molecule has 78 valence electrons. The molecule has 0 saturated heterocycles. The van der Waals surface area contributed by atoms with E-state index in [2.05, 4.69) is 4.98 Å². The Labute approximate surface area is 91.6 Å². The van der Waals surface area contributed by atoms with Crippen LogP contribution in [-0.2, 0) is 0 Å². The first-order valence-electron chi connectivity index (χ1n) is 4.60. The summed E-state index contributed by atoms with van der Waals surface area (Å²) in [4.78, 5) is 5.08. The van der Waals surface area contributed by atoms with Crippen molar-refractivity contribution < 1.29 is 4.39 Å². The van der Waals surface area contributed by atoms with E-state index in [1.807, 2.05) is 18.4 Å². The number of thiophene rings is 1. The number of nitrogens with zero attached hydrogens (tertiary/aromatic N) is 1. The van der Waals surface area contributed by atoms with E-state index in [1.165, 1.54) is 6.07 Å². The van der Waals surface area contributed by atoms with E-state index < -0.39 is 6.04 Å². The molecule has 0 fully saturated rings. The Bertz CT molecular complexity index is 467. The Kier molecular flexibility index (Phi) is 2.79. The maximum Gasteiger partial charge on any atom is 0.146 e. The fourth-order valence-corrected chi connectivity index (χ4v) is 2.24. The quantitative estimate of drug-likeness (QED) is 0.848. The molecule has 0 aliphatic heterocycles. The SMILES string of the molecule is Cc1sccc1C(N)c1ncccc1F. The van der Waals surface area contributed by atoms with Crippen molar-refractivity contribution in [3.63, 3.8) is 0 Å². The molecule has 15 heavy (non-hydrogen) atoms. The average molecular weight is 222 g/mol. The standard InChI is InChI=1S/C11H11FN2S/c1-7-8(4-6-15-7)10(13)11-9(12)3-2-5-14-11/h2-6,10H,13H2,1H3. The van der Waals surface area contributed by atoms with E-state index in [4.69, 9.17) is 5.73 Å². The molecular formula is C11H11FN2S. The average Bonchev–Trinajstić information content (AvgIpc) is 2.64. The monoisotopic (exact) mass is 222 g/mol. The minimum Gasteiger partial charge on any atom is -0.319 e. The highest BCUT2D eigenvalue weighted by atomic mass is 32.1. The number of hydrogen-bond donors (Lipinski definition) is 1. The molecule has 0 aliphatic carbocycles. The summed E-state index contributed by atoms with van der Waals surface area (Å²) in [6.45, 7) is 1.97. The molecule has 2 heterocycles. The summed E-state index contributed by atoms with van der Waals surface area (Å²) in [5.41, 5.74) is 7.21. The van der Waals surface area contributed by atoms with Gasteiger partial charge in [-0.3, -0.25) is 4.98 Å². The third-order valence-corrected chi connectivity index (χ3v) is 3.18. The highest BCUT2D eigenvalue weighted by Gasteiger charge is 2.16. The fraction of sp³-hybridized carbons (Fsp3) is 0.182. The van der Waals surface area contributed by atoms with E-state index in [-0.39, 0.29) is 5.82 Å². The zero-order valence-corrected chi connectivity index (χ0v) is 9.09. The smallest absolute Gasteiger partial charge is 0.146 e. The lowest BCUT2D eigenvalue weighted by Gasteiger charge is -2.11. The lowest BCUT2D eigenvalue weighted by atomic mass is 10.1. The van der Waals surface area contributed by atoms with Crippen molar-refractivity contribution in [2.45, 2.75) is 13.0 Å². The third kappa shape index (κ3) is 1.91. The predicted molar refractivity (Wildman–Crippen MR) is 59.3 cm³/mol. The van der Waals surface area contributed by atoms with Gasteiger partial charge in [0.1, 0.15) is 5.82 Å². The fourth-order valence-electron chi connectivity index (χ4n) is 1.49. The number of aryl methyl sites for hydroxylation is 1. The van der Waals surface area contributed by atoms with Crippen LogP contribution in [0.3, 0.4) is 0 Å². The van der Waals surface area contributed by atoms with Crippen LogP contribution in [0.1, 0.15) is 22.2 Å². The second-order valence-corrected chi connectivity index (χ2v) is 4.40. The molecule has 0 amide bonds. The van der Waals surface area contributed by atoms with E-state index in [0.717, 1.165) is 10.4 Å². The number of rotatable bonds is 2. The van der Waals surface area contributed by atoms with Gasteiger partial charge in [0.2, 0.25) is 0 Å². The lowest BCUT2D eigenvalue weighted by molar-refractivity contribution is 0.586. The van der Waals surface area contributed by atoms with Crippen molar-refractivity contribution in [2.24, 2.45) is 5.73 Å². The summed E-state index contributed by atoms with van der Waals surface area (Å²) in [5.74, 6) is -0.351. The molecule has 2 N–H and O–H groups in total. The molecule has 2 aromatic rings. The molecule has 0 aliphatic rings. The Morgan fingerprint density at radius 2 is 2.27 bits per heavy atom. The maximum atomic E-state index is 13.4. The number of halogens is 1. The highest BCUT2D eigenvalue weighted by molar-refractivity contribution is 7.10. The van der Waals surface area contributed by atoms with E-state index in [1.54, 1.807) is 23.6 Å². The number of nitrogens with two attached hydrogens (primary N) is 1. The molecule has 1 unspecified atom stereocenters. The van der Waals surface area contributed by atoms with Crippen molar-refractivity contribution in [2.75, 3.05) is 0 Å². The van der Waals surface area contributed by atoms with Crippen LogP contribution < -0.4 is 5.73 Å². The molecule has 4 heteroatoms. The summed E-state index contributed by atoms with van der Waals surface area (Å²) in [6, 6.07) is 4.38. The molecule has 0 aromatic carbocycles. The van der Waals surface area contributed by atoms with Crippen molar-refractivity contribution in [3.05, 3.63) is 51.7 Å². The molecule has 0 spiro atoms. The number of aromatic nitrogens is 1. The van der Waals surface area contributed by atoms with Crippen LogP contribution in [0.2, 0.25) is 0 Å². The minimum absolute atomic E-state index is 0.305. The Hall–Kier alpha value is -1.26. The van der Waals surface area contributed by atoms with Gasteiger partial charge in [-0.05, 0) is 36.1 Å². The third-order valence-electron chi connectivity index (χ3n) is 2.32. The van der Waals surface area contributed by atoms with Crippen molar-refractivity contribution in [1.29, 1.82) is 0 Å². The van der Waals surface area contributed by atoms with E-state index in [9.17, 15) is 4.39 Å². The van der Waals surface area contributed by atoms with Gasteiger partial charge in [-0.1, -0.05) is 0 Å². The van der Waals surface area contributed by atoms with Crippen LogP contribution in [0, 0.1) is 12.7 Å². The summed E-state index contributed by atoms with van der Waals surface area (Å²) >= 11 is 1.60. The van der Waals surface area contributed by atoms with Crippen LogP contribution in [0.15, 0.2) is 29.8 Å². The molecule has 1 atom stereocenters. The van der Waals surface area contributed by atoms with Gasteiger partial charge in [-0.2, -0.15) is 0 Å². The van der Waals surface area contributed by atoms with Gasteiger partial charge in [-0.15, -0.1) is 11.3 Å². The van der Waals surface area contributed by atoms with Crippen molar-refractivity contribution >= 4 is 11.3 Å². The Balaban J connectivity index is 2.41. The molecule has 0 radical (unpaired) electrons. The first kappa shape index (κ1) is 10.3. The lowest BCUT2D eigenvalue weighted by Crippen LogP contribution is -2.15. The van der Waals surface area contributed by atoms with E-state index in [0.29, 0.717) is 5.69 Å². The van der Waals surface area contributed by atoms with Gasteiger partial charge in [0.25, 0.3) is 0 Å². The predicted octanol–water partition coefficient (Wildman–Crippen LogP) is 2.64. The zero-order chi connectivity index (χ0) is 10.8. The summed E-state index contributed by atoms with van der Waals surface area (Å²) in [5, 5.41) is 1.95. The first-order chi connectivity index (χ1) is 7.20. The summed E-state index contributed by atoms with van der Waals surface area (Å²) in [6.07, 6.45) is 1.56. The van der Waals surface area contributed by atoms with Crippen molar-refractivity contribution in [3.8, 4) is 0 Å². The van der Waals surface area contributed by atoms with Crippen LogP contribution >= 0.6 is 11.3 Å². The van der Waals surface area contributed by atoms with Gasteiger partial charge in [0.05, 0.1) is 11.7 Å². The number of pyridine rings is 1. The second kappa shape index (κ2) is 4.08. The van der Waals surface area contributed by atoms with Crippen LogP contribution in [0.5, 0.6) is 0 Å². The number of hydrogen-bond acceptors (Lipinski definition) is 3. The summed E-state index contributed by atoms with van der Waals surface area (Å²) < 4.78 is 13.4. The zero-order valence-electron chi connectivity index (χ0n) is 8.27. The van der Waals surface area contributed by atoms with Crippen molar-refractivity contribution in [1.82, 2.24) is 4.98 Å². The molecule has 2 aromatic heterocycles. The first-order valence-corrected chi connectivity index (χ1v) is 5.48. The van der Waals surface area contributed by atoms with Gasteiger partial charge < -0.3 is 5.73 Å². The van der Waals surface area contributed by atoms with Crippen LogP contribution in [0.4, 0.5) is 4.39 Å².